The molecule has 9 aromatic rings. The molecule has 1 spiro atoms. The molecule has 0 radical (unpaired) electrons. The molecule has 0 saturated heterocycles. The van der Waals surface area contributed by atoms with Gasteiger partial charge in [-0.05, 0) is 95.7 Å². The molecular formula is C52H33N. The Morgan fingerprint density at radius 1 is 0.321 bits per heavy atom. The largest absolute Gasteiger partial charge is 0.248 e. The lowest BCUT2D eigenvalue weighted by molar-refractivity contribution is 0.801. The van der Waals surface area contributed by atoms with Gasteiger partial charge < -0.3 is 0 Å². The van der Waals surface area contributed by atoms with Crippen molar-refractivity contribution in [1.82, 2.24) is 4.98 Å². The van der Waals surface area contributed by atoms with Crippen molar-refractivity contribution in [2.45, 2.75) is 5.41 Å². The van der Waals surface area contributed by atoms with Crippen molar-refractivity contribution in [3.05, 3.63) is 222 Å². The Labute approximate surface area is 309 Å². The standard InChI is InChI=1S/C52H33N/c1-3-15-36(16-4-1)48-32-39(33-49(53-48)37-17-5-2-6-18-37)34-27-29-35(30-28-34)44-31-38-19-7-8-20-40(38)51-50(44)43-23-11-14-26-47(43)52(51)45-24-12-9-21-41(45)42-22-10-13-25-46(42)52/h1-33H. The van der Waals surface area contributed by atoms with E-state index in [-0.39, 0.29) is 0 Å². The topological polar surface area (TPSA) is 12.9 Å². The van der Waals surface area contributed by atoms with Crippen LogP contribution in [0.15, 0.2) is 200 Å². The second kappa shape index (κ2) is 11.6. The van der Waals surface area contributed by atoms with E-state index in [1.165, 1.54) is 72.0 Å². The third kappa shape index (κ3) is 4.35. The Morgan fingerprint density at radius 2 is 0.792 bits per heavy atom. The summed E-state index contributed by atoms with van der Waals surface area (Å²) in [6.07, 6.45) is 0. The van der Waals surface area contributed by atoms with Crippen LogP contribution in [-0.2, 0) is 5.41 Å². The van der Waals surface area contributed by atoms with Crippen molar-refractivity contribution in [2.75, 3.05) is 0 Å². The van der Waals surface area contributed by atoms with Gasteiger partial charge in [0.25, 0.3) is 0 Å². The third-order valence-electron chi connectivity index (χ3n) is 11.5. The average Bonchev–Trinajstić information content (AvgIpc) is 3.72. The summed E-state index contributed by atoms with van der Waals surface area (Å²) in [7, 11) is 0. The van der Waals surface area contributed by atoms with Crippen molar-refractivity contribution in [1.29, 1.82) is 0 Å². The van der Waals surface area contributed by atoms with Gasteiger partial charge in [0.1, 0.15) is 0 Å². The zero-order valence-corrected chi connectivity index (χ0v) is 29.0. The fourth-order valence-corrected chi connectivity index (χ4v) is 9.25. The van der Waals surface area contributed by atoms with Crippen LogP contribution >= 0.6 is 0 Å². The molecule has 0 N–H and O–H groups in total. The highest BCUT2D eigenvalue weighted by atomic mass is 14.7. The molecule has 1 aromatic heterocycles. The highest BCUT2D eigenvalue weighted by molar-refractivity contribution is 6.09. The number of benzene rings is 8. The molecule has 53 heavy (non-hydrogen) atoms. The molecule has 246 valence electrons. The van der Waals surface area contributed by atoms with Crippen LogP contribution in [0.25, 0.3) is 77.8 Å². The van der Waals surface area contributed by atoms with Crippen LogP contribution in [0, 0.1) is 0 Å². The van der Waals surface area contributed by atoms with E-state index in [2.05, 4.69) is 200 Å². The average molecular weight is 672 g/mol. The molecule has 8 aromatic carbocycles. The van der Waals surface area contributed by atoms with E-state index in [0.717, 1.165) is 28.1 Å². The summed E-state index contributed by atoms with van der Waals surface area (Å²) in [4.78, 5) is 5.12. The van der Waals surface area contributed by atoms with Crippen LogP contribution in [0.5, 0.6) is 0 Å². The minimum Gasteiger partial charge on any atom is -0.248 e. The van der Waals surface area contributed by atoms with Gasteiger partial charge in [0.2, 0.25) is 0 Å². The highest BCUT2D eigenvalue weighted by Gasteiger charge is 2.52. The van der Waals surface area contributed by atoms with Crippen molar-refractivity contribution in [3.63, 3.8) is 0 Å². The molecule has 1 nitrogen and oxygen atoms in total. The SMILES string of the molecule is c1ccc(-c2cc(-c3ccc(-c4cc5ccccc5c5c4-c4ccccc4C54c5ccccc5-c5ccccc54)cc3)cc(-c3ccccc3)n2)cc1. The first-order chi connectivity index (χ1) is 26.3. The summed E-state index contributed by atoms with van der Waals surface area (Å²) in [6, 6.07) is 73.2. The van der Waals surface area contributed by atoms with Gasteiger partial charge in [0, 0.05) is 11.1 Å². The molecule has 1 heteroatoms. The summed E-state index contributed by atoms with van der Waals surface area (Å²) in [6.45, 7) is 0. The maximum absolute atomic E-state index is 5.12. The van der Waals surface area contributed by atoms with E-state index < -0.39 is 5.41 Å². The summed E-state index contributed by atoms with van der Waals surface area (Å²) < 4.78 is 0. The number of hydrogen-bond acceptors (Lipinski definition) is 1. The molecule has 11 rings (SSSR count). The summed E-state index contributed by atoms with van der Waals surface area (Å²) in [5, 5.41) is 2.57. The van der Waals surface area contributed by atoms with Gasteiger partial charge in [0.05, 0.1) is 16.8 Å². The van der Waals surface area contributed by atoms with Crippen LogP contribution in [0.2, 0.25) is 0 Å². The van der Waals surface area contributed by atoms with Crippen molar-refractivity contribution < 1.29 is 0 Å². The molecule has 0 fully saturated rings. The van der Waals surface area contributed by atoms with Crippen molar-refractivity contribution in [2.24, 2.45) is 0 Å². The molecule has 0 atom stereocenters. The Bertz CT molecular complexity index is 2760. The Balaban J connectivity index is 1.14. The Hall–Kier alpha value is -6.83. The number of fused-ring (bicyclic) bond motifs is 12. The first kappa shape index (κ1) is 29.9. The van der Waals surface area contributed by atoms with Crippen molar-refractivity contribution in [3.8, 4) is 67.0 Å². The molecule has 0 saturated carbocycles. The van der Waals surface area contributed by atoms with Crippen LogP contribution < -0.4 is 0 Å². The maximum Gasteiger partial charge on any atom is 0.0731 e. The normalized spacial score (nSPS) is 13.1. The van der Waals surface area contributed by atoms with E-state index in [0.29, 0.717) is 0 Å². The molecule has 2 aliphatic rings. The molecule has 2 aliphatic carbocycles. The molecular weight excluding hydrogens is 639 g/mol. The predicted molar refractivity (Wildman–Crippen MR) is 220 cm³/mol. The predicted octanol–water partition coefficient (Wildman–Crippen LogP) is 13.2. The van der Waals surface area contributed by atoms with Gasteiger partial charge in [-0.25, -0.2) is 4.98 Å². The second-order valence-electron chi connectivity index (χ2n) is 14.2. The van der Waals surface area contributed by atoms with Crippen molar-refractivity contribution >= 4 is 10.8 Å². The fourth-order valence-electron chi connectivity index (χ4n) is 9.25. The third-order valence-corrected chi connectivity index (χ3v) is 11.5. The van der Waals surface area contributed by atoms with E-state index in [4.69, 9.17) is 4.98 Å². The van der Waals surface area contributed by atoms with Crippen LogP contribution in [-0.4, -0.2) is 4.98 Å². The molecule has 1 heterocycles. The van der Waals surface area contributed by atoms with Gasteiger partial charge >= 0.3 is 0 Å². The molecule has 0 unspecified atom stereocenters. The zero-order chi connectivity index (χ0) is 34.9. The monoisotopic (exact) mass is 671 g/mol. The lowest BCUT2D eigenvalue weighted by Gasteiger charge is -2.31. The smallest absolute Gasteiger partial charge is 0.0731 e. The lowest BCUT2D eigenvalue weighted by Crippen LogP contribution is -2.26. The minimum atomic E-state index is -0.409. The number of pyridine rings is 1. The summed E-state index contributed by atoms with van der Waals surface area (Å²) in [5.74, 6) is 0. The molecule has 0 aliphatic heterocycles. The zero-order valence-electron chi connectivity index (χ0n) is 29.0. The van der Waals surface area contributed by atoms with Crippen LogP contribution in [0.3, 0.4) is 0 Å². The summed E-state index contributed by atoms with van der Waals surface area (Å²) >= 11 is 0. The van der Waals surface area contributed by atoms with E-state index >= 15 is 0 Å². The lowest BCUT2D eigenvalue weighted by atomic mass is 9.69. The van der Waals surface area contributed by atoms with Gasteiger partial charge in [-0.2, -0.15) is 0 Å². The first-order valence-electron chi connectivity index (χ1n) is 18.4. The van der Waals surface area contributed by atoms with Crippen LogP contribution in [0.4, 0.5) is 0 Å². The Morgan fingerprint density at radius 3 is 1.40 bits per heavy atom. The van der Waals surface area contributed by atoms with E-state index in [9.17, 15) is 0 Å². The number of rotatable bonds is 4. The van der Waals surface area contributed by atoms with Gasteiger partial charge in [-0.15, -0.1) is 0 Å². The number of nitrogens with zero attached hydrogens (tertiary/aromatic N) is 1. The number of hydrogen-bond donors (Lipinski definition) is 0. The Kier molecular flexibility index (Phi) is 6.53. The van der Waals surface area contributed by atoms with E-state index in [1.54, 1.807) is 0 Å². The van der Waals surface area contributed by atoms with Crippen LogP contribution in [0.1, 0.15) is 22.3 Å². The highest BCUT2D eigenvalue weighted by Crippen LogP contribution is 2.65. The minimum absolute atomic E-state index is 0.409. The van der Waals surface area contributed by atoms with Gasteiger partial charge in [0.15, 0.2) is 0 Å². The first-order valence-corrected chi connectivity index (χ1v) is 18.4. The quantitative estimate of drug-likeness (QED) is 0.181. The maximum atomic E-state index is 5.12. The van der Waals surface area contributed by atoms with Gasteiger partial charge in [-0.3, -0.25) is 0 Å². The fraction of sp³-hybridized carbons (Fsp3) is 0.0192. The molecule has 0 amide bonds. The van der Waals surface area contributed by atoms with Gasteiger partial charge in [-0.1, -0.05) is 182 Å². The number of aromatic nitrogens is 1. The summed E-state index contributed by atoms with van der Waals surface area (Å²) in [5.41, 5.74) is 19.3. The van der Waals surface area contributed by atoms with E-state index in [1.807, 2.05) is 0 Å². The second-order valence-corrected chi connectivity index (χ2v) is 14.2. The molecule has 0 bridgehead atoms.